The van der Waals surface area contributed by atoms with Gasteiger partial charge in [0.05, 0.1) is 0 Å². The molecule has 3 N–H and O–H groups in total. The number of hydrogen-bond acceptors (Lipinski definition) is 2. The van der Waals surface area contributed by atoms with Crippen molar-refractivity contribution in [2.75, 3.05) is 26.2 Å². The molecule has 1 heterocycles. The van der Waals surface area contributed by atoms with E-state index in [0.717, 1.165) is 37.9 Å². The molecule has 124 valence electrons. The first-order valence-corrected chi connectivity index (χ1v) is 8.31. The van der Waals surface area contributed by atoms with Gasteiger partial charge >= 0.3 is 0 Å². The number of piperidine rings is 1. The van der Waals surface area contributed by atoms with Crippen molar-refractivity contribution in [3.05, 3.63) is 0 Å². The highest BCUT2D eigenvalue weighted by Crippen LogP contribution is 2.39. The number of aliphatic hydroxyl groups is 1. The number of nitrogens with two attached hydrogens (primary N) is 1. The second-order valence-corrected chi connectivity index (χ2v) is 6.90. The molecule has 0 radical (unpaired) electrons. The predicted octanol–water partition coefficient (Wildman–Crippen LogP) is 2.98. The third kappa shape index (κ3) is 5.58. The van der Waals surface area contributed by atoms with Gasteiger partial charge in [-0.2, -0.15) is 0 Å². The van der Waals surface area contributed by atoms with Crippen LogP contribution in [0.25, 0.3) is 0 Å². The molecule has 21 heavy (non-hydrogen) atoms. The van der Waals surface area contributed by atoms with Crippen LogP contribution in [0.2, 0.25) is 0 Å². The Labute approximate surface area is 146 Å². The maximum Gasteiger partial charge on any atom is 0.191 e. The lowest BCUT2D eigenvalue weighted by Crippen LogP contribution is -2.44. The Morgan fingerprint density at radius 3 is 2.62 bits per heavy atom. The highest BCUT2D eigenvalue weighted by atomic mass is 127. The van der Waals surface area contributed by atoms with Crippen LogP contribution in [0.15, 0.2) is 4.99 Å². The number of aliphatic hydroxyl groups excluding tert-OH is 1. The molecule has 1 aliphatic heterocycles. The maximum atomic E-state index is 9.34. The lowest BCUT2D eigenvalue weighted by molar-refractivity contribution is 0.137. The molecule has 0 aromatic heterocycles. The van der Waals surface area contributed by atoms with Gasteiger partial charge in [-0.05, 0) is 43.4 Å². The molecule has 1 aliphatic carbocycles. The Kier molecular flexibility index (Phi) is 8.31. The van der Waals surface area contributed by atoms with Crippen LogP contribution >= 0.6 is 24.0 Å². The molecule has 1 unspecified atom stereocenters. The van der Waals surface area contributed by atoms with Gasteiger partial charge in [-0.1, -0.05) is 26.2 Å². The number of likely N-dealkylation sites (tertiary alicyclic amines) is 1. The van der Waals surface area contributed by atoms with E-state index in [1.54, 1.807) is 0 Å². The minimum absolute atomic E-state index is 0. The molecule has 1 saturated heterocycles. The molecule has 0 aromatic rings. The van der Waals surface area contributed by atoms with Crippen molar-refractivity contribution < 1.29 is 5.11 Å². The van der Waals surface area contributed by atoms with Crippen LogP contribution in [0.5, 0.6) is 0 Å². The number of rotatable bonds is 4. The Morgan fingerprint density at radius 1 is 1.29 bits per heavy atom. The molecule has 0 amide bonds. The summed E-state index contributed by atoms with van der Waals surface area (Å²) >= 11 is 0. The van der Waals surface area contributed by atoms with E-state index in [2.05, 4.69) is 11.8 Å². The fourth-order valence-electron chi connectivity index (χ4n) is 3.77. The van der Waals surface area contributed by atoms with Crippen molar-refractivity contribution in [2.24, 2.45) is 22.1 Å². The first-order chi connectivity index (χ1) is 9.65. The first kappa shape index (κ1) is 19.0. The van der Waals surface area contributed by atoms with Gasteiger partial charge in [-0.3, -0.25) is 4.99 Å². The Morgan fingerprint density at radius 2 is 2.00 bits per heavy atom. The van der Waals surface area contributed by atoms with Gasteiger partial charge in [0, 0.05) is 26.2 Å². The number of halogens is 1. The third-order valence-corrected chi connectivity index (χ3v) is 5.11. The van der Waals surface area contributed by atoms with E-state index in [1.807, 2.05) is 0 Å². The zero-order chi connectivity index (χ0) is 14.4. The smallest absolute Gasteiger partial charge is 0.191 e. The topological polar surface area (TPSA) is 61.8 Å². The van der Waals surface area contributed by atoms with Gasteiger partial charge < -0.3 is 15.7 Å². The largest absolute Gasteiger partial charge is 0.396 e. The Balaban J connectivity index is 0.00000220. The molecule has 1 atom stereocenters. The van der Waals surface area contributed by atoms with E-state index in [0.29, 0.717) is 0 Å². The van der Waals surface area contributed by atoms with E-state index in [-0.39, 0.29) is 36.0 Å². The second kappa shape index (κ2) is 9.18. The SMILES string of the molecule is CC1CCCN(C(N)=NCC2(CCO)CCCCC2)C1.I. The van der Waals surface area contributed by atoms with Crippen molar-refractivity contribution in [1.82, 2.24) is 4.90 Å². The van der Waals surface area contributed by atoms with Gasteiger partial charge in [0.15, 0.2) is 5.96 Å². The highest BCUT2D eigenvalue weighted by molar-refractivity contribution is 14.0. The summed E-state index contributed by atoms with van der Waals surface area (Å²) in [6.07, 6.45) is 9.67. The lowest BCUT2D eigenvalue weighted by Gasteiger charge is -2.37. The molecular formula is C16H32IN3O. The van der Waals surface area contributed by atoms with Crippen LogP contribution in [0.1, 0.15) is 58.3 Å². The van der Waals surface area contributed by atoms with Gasteiger partial charge in [0.2, 0.25) is 0 Å². The average Bonchev–Trinajstić information content (AvgIpc) is 2.46. The van der Waals surface area contributed by atoms with Crippen molar-refractivity contribution in [1.29, 1.82) is 0 Å². The van der Waals surface area contributed by atoms with Crippen molar-refractivity contribution in [3.63, 3.8) is 0 Å². The van der Waals surface area contributed by atoms with E-state index in [1.165, 1.54) is 44.9 Å². The number of aliphatic imine (C=N–C) groups is 1. The van der Waals surface area contributed by atoms with Gasteiger partial charge in [0.25, 0.3) is 0 Å². The number of hydrogen-bond donors (Lipinski definition) is 2. The second-order valence-electron chi connectivity index (χ2n) is 6.90. The molecule has 4 nitrogen and oxygen atoms in total. The summed E-state index contributed by atoms with van der Waals surface area (Å²) in [6.45, 7) is 5.45. The van der Waals surface area contributed by atoms with Crippen molar-refractivity contribution >= 4 is 29.9 Å². The monoisotopic (exact) mass is 409 g/mol. The van der Waals surface area contributed by atoms with Crippen LogP contribution in [0, 0.1) is 11.3 Å². The van der Waals surface area contributed by atoms with E-state index in [9.17, 15) is 5.11 Å². The summed E-state index contributed by atoms with van der Waals surface area (Å²) in [5.74, 6) is 1.44. The normalized spacial score (nSPS) is 26.3. The number of nitrogens with zero attached hydrogens (tertiary/aromatic N) is 2. The lowest BCUT2D eigenvalue weighted by atomic mass is 9.72. The van der Waals surface area contributed by atoms with Crippen molar-refractivity contribution in [2.45, 2.75) is 58.3 Å². The summed E-state index contributed by atoms with van der Waals surface area (Å²) in [5.41, 5.74) is 6.40. The van der Waals surface area contributed by atoms with Gasteiger partial charge in [-0.15, -0.1) is 24.0 Å². The Bertz CT molecular complexity index is 324. The van der Waals surface area contributed by atoms with E-state index < -0.39 is 0 Å². The summed E-state index contributed by atoms with van der Waals surface area (Å²) < 4.78 is 0. The zero-order valence-corrected chi connectivity index (χ0v) is 15.7. The molecular weight excluding hydrogens is 377 g/mol. The maximum absolute atomic E-state index is 9.34. The fourth-order valence-corrected chi connectivity index (χ4v) is 3.77. The van der Waals surface area contributed by atoms with Crippen LogP contribution in [0.3, 0.4) is 0 Å². The molecule has 0 spiro atoms. The van der Waals surface area contributed by atoms with Gasteiger partial charge in [-0.25, -0.2) is 0 Å². The summed E-state index contributed by atoms with van der Waals surface area (Å²) in [5, 5.41) is 9.34. The fraction of sp³-hybridized carbons (Fsp3) is 0.938. The van der Waals surface area contributed by atoms with E-state index in [4.69, 9.17) is 10.7 Å². The molecule has 1 saturated carbocycles. The Hall–Kier alpha value is -0.0400. The summed E-state index contributed by atoms with van der Waals surface area (Å²) in [6, 6.07) is 0. The standard InChI is InChI=1S/C16H31N3O.HI/c1-14-6-5-10-19(12-14)15(17)18-13-16(9-11-20)7-3-2-4-8-16;/h14,20H,2-13H2,1H3,(H2,17,18);1H. The first-order valence-electron chi connectivity index (χ1n) is 8.31. The predicted molar refractivity (Wildman–Crippen MR) is 99.1 cm³/mol. The van der Waals surface area contributed by atoms with Gasteiger partial charge in [0.1, 0.15) is 0 Å². The van der Waals surface area contributed by atoms with Crippen LogP contribution in [-0.2, 0) is 0 Å². The molecule has 2 rings (SSSR count). The molecule has 0 aromatic carbocycles. The van der Waals surface area contributed by atoms with Crippen LogP contribution in [-0.4, -0.2) is 42.2 Å². The minimum atomic E-state index is 0. The summed E-state index contributed by atoms with van der Waals surface area (Å²) in [4.78, 5) is 6.95. The average molecular weight is 409 g/mol. The number of guanidine groups is 1. The summed E-state index contributed by atoms with van der Waals surface area (Å²) in [7, 11) is 0. The third-order valence-electron chi connectivity index (χ3n) is 5.11. The minimum Gasteiger partial charge on any atom is -0.396 e. The molecule has 2 aliphatic rings. The zero-order valence-electron chi connectivity index (χ0n) is 13.4. The molecule has 5 heteroatoms. The van der Waals surface area contributed by atoms with E-state index >= 15 is 0 Å². The highest BCUT2D eigenvalue weighted by Gasteiger charge is 2.31. The molecule has 0 bridgehead atoms. The molecule has 2 fully saturated rings. The van der Waals surface area contributed by atoms with Crippen LogP contribution in [0.4, 0.5) is 0 Å². The van der Waals surface area contributed by atoms with Crippen molar-refractivity contribution in [3.8, 4) is 0 Å². The van der Waals surface area contributed by atoms with Crippen LogP contribution < -0.4 is 5.73 Å². The quantitative estimate of drug-likeness (QED) is 0.426.